The molecule has 144 valence electrons. The number of fused-ring (bicyclic) bond motifs is 3. The molecule has 2 aliphatic rings. The molecule has 3 aromatic rings. The smallest absolute Gasteiger partial charge is 0.254 e. The molecule has 2 heterocycles. The largest absolute Gasteiger partial charge is 0.332 e. The number of carbonyl (C=O) groups excluding carboxylic acids is 2. The summed E-state index contributed by atoms with van der Waals surface area (Å²) in [4.78, 5) is 29.5. The highest BCUT2D eigenvalue weighted by atomic mass is 16.2. The molecule has 3 aromatic carbocycles. The Morgan fingerprint density at radius 2 is 1.52 bits per heavy atom. The van der Waals surface area contributed by atoms with Crippen molar-refractivity contribution in [2.24, 2.45) is 0 Å². The van der Waals surface area contributed by atoms with Crippen molar-refractivity contribution in [1.82, 2.24) is 9.80 Å². The van der Waals surface area contributed by atoms with Crippen LogP contribution < -0.4 is 0 Å². The fourth-order valence-corrected chi connectivity index (χ4v) is 4.45. The molecule has 5 rings (SSSR count). The Bertz CT molecular complexity index is 1060. The van der Waals surface area contributed by atoms with Gasteiger partial charge in [-0.3, -0.25) is 9.59 Å². The summed E-state index contributed by atoms with van der Waals surface area (Å²) in [6, 6.07) is 26.0. The first-order valence-electron chi connectivity index (χ1n) is 10.0. The van der Waals surface area contributed by atoms with Crippen molar-refractivity contribution < 1.29 is 9.59 Å². The van der Waals surface area contributed by atoms with Crippen molar-refractivity contribution in [3.8, 4) is 11.1 Å². The Labute approximate surface area is 170 Å². The molecule has 1 atom stereocenters. The van der Waals surface area contributed by atoms with Crippen LogP contribution in [0.3, 0.4) is 0 Å². The van der Waals surface area contributed by atoms with E-state index in [1.807, 2.05) is 59.5 Å². The van der Waals surface area contributed by atoms with E-state index in [1.54, 1.807) is 4.90 Å². The van der Waals surface area contributed by atoms with Gasteiger partial charge < -0.3 is 9.80 Å². The molecule has 29 heavy (non-hydrogen) atoms. The van der Waals surface area contributed by atoms with Gasteiger partial charge in [0.05, 0.1) is 6.04 Å². The SMILES string of the molecule is O=C(c1ccc(-c2ccccc2)cc1)N1CC(=O)N2CCc3ccccc3C2C1. The molecule has 0 aromatic heterocycles. The Kier molecular flexibility index (Phi) is 4.39. The van der Waals surface area contributed by atoms with Gasteiger partial charge in [0.25, 0.3) is 5.91 Å². The van der Waals surface area contributed by atoms with Crippen LogP contribution in [0.2, 0.25) is 0 Å². The van der Waals surface area contributed by atoms with E-state index in [-0.39, 0.29) is 24.4 Å². The lowest BCUT2D eigenvalue weighted by atomic mass is 9.90. The van der Waals surface area contributed by atoms with Gasteiger partial charge >= 0.3 is 0 Å². The Morgan fingerprint density at radius 3 is 2.31 bits per heavy atom. The van der Waals surface area contributed by atoms with Crippen LogP contribution in [0.15, 0.2) is 78.9 Å². The van der Waals surface area contributed by atoms with E-state index in [9.17, 15) is 9.59 Å². The molecule has 0 aliphatic carbocycles. The average Bonchev–Trinajstić information content (AvgIpc) is 2.79. The molecule has 1 unspecified atom stereocenters. The van der Waals surface area contributed by atoms with E-state index in [0.29, 0.717) is 12.1 Å². The van der Waals surface area contributed by atoms with Crippen LogP contribution in [0, 0.1) is 0 Å². The van der Waals surface area contributed by atoms with Crippen molar-refractivity contribution in [1.29, 1.82) is 0 Å². The van der Waals surface area contributed by atoms with Crippen molar-refractivity contribution in [2.45, 2.75) is 12.5 Å². The fraction of sp³-hybridized carbons (Fsp3) is 0.200. The van der Waals surface area contributed by atoms with E-state index in [2.05, 4.69) is 24.3 Å². The van der Waals surface area contributed by atoms with Crippen molar-refractivity contribution in [3.63, 3.8) is 0 Å². The maximum Gasteiger partial charge on any atom is 0.254 e. The van der Waals surface area contributed by atoms with Crippen molar-refractivity contribution in [3.05, 3.63) is 95.6 Å². The summed E-state index contributed by atoms with van der Waals surface area (Å²) in [5.74, 6) is -0.0503. The average molecular weight is 382 g/mol. The first-order chi connectivity index (χ1) is 14.2. The number of carbonyl (C=O) groups is 2. The second-order valence-corrected chi connectivity index (χ2v) is 7.68. The van der Waals surface area contributed by atoms with Crippen LogP contribution in [0.1, 0.15) is 27.5 Å². The van der Waals surface area contributed by atoms with Crippen LogP contribution in [0.5, 0.6) is 0 Å². The lowest BCUT2D eigenvalue weighted by Gasteiger charge is -2.44. The third-order valence-electron chi connectivity index (χ3n) is 5.98. The molecule has 2 amide bonds. The van der Waals surface area contributed by atoms with Gasteiger partial charge in [-0.25, -0.2) is 0 Å². The van der Waals surface area contributed by atoms with E-state index < -0.39 is 0 Å². The van der Waals surface area contributed by atoms with Crippen LogP contribution in [-0.4, -0.2) is 41.2 Å². The van der Waals surface area contributed by atoms with Crippen LogP contribution in [0.4, 0.5) is 0 Å². The molecule has 0 saturated carbocycles. The topological polar surface area (TPSA) is 40.6 Å². The number of nitrogens with zero attached hydrogens (tertiary/aromatic N) is 2. The highest BCUT2D eigenvalue weighted by Gasteiger charge is 2.38. The standard InChI is InChI=1S/C25H22N2O2/c28-24-17-26(16-23-22-9-5-4-8-20(22)14-15-27(23)24)25(29)21-12-10-19(11-13-21)18-6-2-1-3-7-18/h1-13,23H,14-17H2. The maximum absolute atomic E-state index is 13.1. The number of hydrogen-bond acceptors (Lipinski definition) is 2. The number of amides is 2. The summed E-state index contributed by atoms with van der Waals surface area (Å²) in [6.07, 6.45) is 0.882. The third-order valence-corrected chi connectivity index (χ3v) is 5.98. The zero-order valence-corrected chi connectivity index (χ0v) is 16.1. The number of benzene rings is 3. The molecule has 0 N–H and O–H groups in total. The van der Waals surface area contributed by atoms with Gasteiger partial charge in [0.15, 0.2) is 0 Å². The van der Waals surface area contributed by atoms with Gasteiger partial charge in [-0.15, -0.1) is 0 Å². The normalized spacial score (nSPS) is 18.2. The van der Waals surface area contributed by atoms with Crippen LogP contribution in [0.25, 0.3) is 11.1 Å². The van der Waals surface area contributed by atoms with E-state index in [4.69, 9.17) is 0 Å². The van der Waals surface area contributed by atoms with Crippen molar-refractivity contribution in [2.75, 3.05) is 19.6 Å². The molecule has 2 aliphatic heterocycles. The zero-order valence-electron chi connectivity index (χ0n) is 16.1. The second kappa shape index (κ2) is 7.21. The first-order valence-corrected chi connectivity index (χ1v) is 10.0. The summed E-state index contributed by atoms with van der Waals surface area (Å²) >= 11 is 0. The maximum atomic E-state index is 13.1. The lowest BCUT2D eigenvalue weighted by Crippen LogP contribution is -2.55. The minimum Gasteiger partial charge on any atom is -0.332 e. The minimum absolute atomic E-state index is 0.0324. The quantitative estimate of drug-likeness (QED) is 0.674. The molecule has 4 nitrogen and oxygen atoms in total. The molecule has 0 bridgehead atoms. The van der Waals surface area contributed by atoms with E-state index in [0.717, 1.165) is 24.1 Å². The van der Waals surface area contributed by atoms with Crippen LogP contribution in [-0.2, 0) is 11.2 Å². The predicted molar refractivity (Wildman–Crippen MR) is 112 cm³/mol. The summed E-state index contributed by atoms with van der Waals surface area (Å²) < 4.78 is 0. The Morgan fingerprint density at radius 1 is 0.828 bits per heavy atom. The summed E-state index contributed by atoms with van der Waals surface area (Å²) in [5.41, 5.74) is 5.26. The highest BCUT2D eigenvalue weighted by molar-refractivity contribution is 5.97. The van der Waals surface area contributed by atoms with Gasteiger partial charge in [0, 0.05) is 18.7 Å². The van der Waals surface area contributed by atoms with Crippen LogP contribution >= 0.6 is 0 Å². The molecule has 1 saturated heterocycles. The predicted octanol–water partition coefficient (Wildman–Crippen LogP) is 3.94. The van der Waals surface area contributed by atoms with Gasteiger partial charge in [-0.2, -0.15) is 0 Å². The van der Waals surface area contributed by atoms with E-state index >= 15 is 0 Å². The number of piperazine rings is 1. The molecular weight excluding hydrogens is 360 g/mol. The van der Waals surface area contributed by atoms with Gasteiger partial charge in [0.2, 0.25) is 5.91 Å². The minimum atomic E-state index is -0.0827. The van der Waals surface area contributed by atoms with Gasteiger partial charge in [0.1, 0.15) is 6.54 Å². The monoisotopic (exact) mass is 382 g/mol. The molecule has 1 fully saturated rings. The summed E-state index contributed by atoms with van der Waals surface area (Å²) in [5, 5.41) is 0. The lowest BCUT2D eigenvalue weighted by molar-refractivity contribution is -0.139. The highest BCUT2D eigenvalue weighted by Crippen LogP contribution is 2.33. The van der Waals surface area contributed by atoms with Gasteiger partial charge in [-0.05, 0) is 40.8 Å². The first kappa shape index (κ1) is 17.7. The third kappa shape index (κ3) is 3.21. The molecule has 4 heteroatoms. The van der Waals surface area contributed by atoms with Crippen molar-refractivity contribution >= 4 is 11.8 Å². The number of rotatable bonds is 2. The Hall–Kier alpha value is -3.40. The molecular formula is C25H22N2O2. The summed E-state index contributed by atoms with van der Waals surface area (Å²) in [7, 11) is 0. The number of hydrogen-bond donors (Lipinski definition) is 0. The zero-order chi connectivity index (χ0) is 19.8. The Balaban J connectivity index is 1.39. The van der Waals surface area contributed by atoms with E-state index in [1.165, 1.54) is 11.1 Å². The second-order valence-electron chi connectivity index (χ2n) is 7.68. The molecule has 0 spiro atoms. The molecule has 0 radical (unpaired) electrons. The fourth-order valence-electron chi connectivity index (χ4n) is 4.45. The van der Waals surface area contributed by atoms with Gasteiger partial charge in [-0.1, -0.05) is 66.7 Å². The summed E-state index contributed by atoms with van der Waals surface area (Å²) in [6.45, 7) is 1.42.